The number of benzene rings is 2. The minimum atomic E-state index is -0.327. The lowest BCUT2D eigenvalue weighted by atomic mass is 10.2. The number of hydrogen-bond donors (Lipinski definition) is 3. The molecule has 0 radical (unpaired) electrons. The van der Waals surface area contributed by atoms with Gasteiger partial charge in [0.1, 0.15) is 24.4 Å². The Morgan fingerprint density at radius 1 is 1.06 bits per heavy atom. The predicted molar refractivity (Wildman–Crippen MR) is 127 cm³/mol. The summed E-state index contributed by atoms with van der Waals surface area (Å²) in [7, 11) is 0. The first-order chi connectivity index (χ1) is 16.2. The predicted octanol–water partition coefficient (Wildman–Crippen LogP) is 3.52. The van der Waals surface area contributed by atoms with Crippen LogP contribution in [0.4, 0.5) is 28.7 Å². The molecule has 0 bridgehead atoms. The van der Waals surface area contributed by atoms with Crippen molar-refractivity contribution in [2.45, 2.75) is 13.0 Å². The minimum Gasteiger partial charge on any atom is -0.378 e. The lowest BCUT2D eigenvalue weighted by molar-refractivity contribution is -0.115. The Hall–Kier alpha value is -4.16. The van der Waals surface area contributed by atoms with Crippen molar-refractivity contribution in [3.05, 3.63) is 66.5 Å². The van der Waals surface area contributed by atoms with Crippen molar-refractivity contribution in [1.29, 1.82) is 5.26 Å². The number of nitriles is 1. The van der Waals surface area contributed by atoms with Crippen LogP contribution in [0.2, 0.25) is 0 Å². The van der Waals surface area contributed by atoms with E-state index in [1.807, 2.05) is 48.5 Å². The molecule has 1 amide bonds. The van der Waals surface area contributed by atoms with E-state index >= 15 is 0 Å². The Balaban J connectivity index is 1.40. The van der Waals surface area contributed by atoms with E-state index in [2.05, 4.69) is 36.9 Å². The summed E-state index contributed by atoms with van der Waals surface area (Å²) >= 11 is 0. The smallest absolute Gasteiger partial charge is 0.238 e. The molecule has 1 fully saturated rings. The maximum Gasteiger partial charge on any atom is 0.238 e. The molecule has 0 spiro atoms. The molecular weight excluding hydrogens is 418 g/mol. The van der Waals surface area contributed by atoms with E-state index in [-0.39, 0.29) is 12.3 Å². The molecular formula is C24H25N7O2. The second kappa shape index (κ2) is 10.9. The van der Waals surface area contributed by atoms with Crippen molar-refractivity contribution in [2.24, 2.45) is 0 Å². The van der Waals surface area contributed by atoms with Gasteiger partial charge in [-0.25, -0.2) is 9.97 Å². The Labute approximate surface area is 192 Å². The molecule has 1 aromatic heterocycles. The number of nitrogens with one attached hydrogen (secondary N) is 3. The van der Waals surface area contributed by atoms with Crippen LogP contribution in [0, 0.1) is 11.3 Å². The lowest BCUT2D eigenvalue weighted by Crippen LogP contribution is -2.36. The van der Waals surface area contributed by atoms with E-state index in [0.717, 1.165) is 43.2 Å². The summed E-state index contributed by atoms with van der Waals surface area (Å²) in [6, 6.07) is 19.3. The Morgan fingerprint density at radius 3 is 2.73 bits per heavy atom. The van der Waals surface area contributed by atoms with Crippen LogP contribution < -0.4 is 20.9 Å². The summed E-state index contributed by atoms with van der Waals surface area (Å²) in [4.78, 5) is 22.6. The highest BCUT2D eigenvalue weighted by atomic mass is 16.5. The molecule has 3 aromatic rings. The molecule has 9 heteroatoms. The summed E-state index contributed by atoms with van der Waals surface area (Å²) in [5.41, 5.74) is 3.71. The first-order valence-electron chi connectivity index (χ1n) is 10.7. The average molecular weight is 444 g/mol. The molecule has 3 N–H and O–H groups in total. The first-order valence-corrected chi connectivity index (χ1v) is 10.7. The van der Waals surface area contributed by atoms with E-state index in [1.54, 1.807) is 6.07 Å². The SMILES string of the molecule is N#CCC(=O)Nc1cccc(CNc2cc(Nc3ccccc3N3CCOCC3)ncn2)c1. The second-order valence-electron chi connectivity index (χ2n) is 7.47. The highest BCUT2D eigenvalue weighted by Crippen LogP contribution is 2.29. The van der Waals surface area contributed by atoms with Gasteiger partial charge in [-0.2, -0.15) is 5.26 Å². The quantitative estimate of drug-likeness (QED) is 0.484. The van der Waals surface area contributed by atoms with Crippen LogP contribution in [0.25, 0.3) is 0 Å². The van der Waals surface area contributed by atoms with Crippen LogP contribution >= 0.6 is 0 Å². The molecule has 1 saturated heterocycles. The van der Waals surface area contributed by atoms with Crippen LogP contribution in [0.5, 0.6) is 0 Å². The van der Waals surface area contributed by atoms with Crippen molar-refractivity contribution in [1.82, 2.24) is 9.97 Å². The fourth-order valence-electron chi connectivity index (χ4n) is 3.55. The number of amides is 1. The second-order valence-corrected chi connectivity index (χ2v) is 7.47. The van der Waals surface area contributed by atoms with Crippen LogP contribution in [0.3, 0.4) is 0 Å². The van der Waals surface area contributed by atoms with Crippen molar-refractivity contribution in [3.8, 4) is 6.07 Å². The number of nitrogens with zero attached hydrogens (tertiary/aromatic N) is 4. The van der Waals surface area contributed by atoms with Crippen LogP contribution in [-0.2, 0) is 16.1 Å². The highest BCUT2D eigenvalue weighted by Gasteiger charge is 2.15. The van der Waals surface area contributed by atoms with Gasteiger partial charge < -0.3 is 25.6 Å². The number of aromatic nitrogens is 2. The van der Waals surface area contributed by atoms with E-state index < -0.39 is 0 Å². The molecule has 9 nitrogen and oxygen atoms in total. The Kier molecular flexibility index (Phi) is 7.30. The number of anilines is 5. The van der Waals surface area contributed by atoms with Crippen LogP contribution in [0.15, 0.2) is 60.9 Å². The topological polar surface area (TPSA) is 115 Å². The number of morpholine rings is 1. The summed E-state index contributed by atoms with van der Waals surface area (Å²) in [6.45, 7) is 3.66. The lowest BCUT2D eigenvalue weighted by Gasteiger charge is -2.30. The summed E-state index contributed by atoms with van der Waals surface area (Å²) in [6.07, 6.45) is 1.34. The molecule has 0 saturated carbocycles. The van der Waals surface area contributed by atoms with Crippen molar-refractivity contribution in [3.63, 3.8) is 0 Å². The van der Waals surface area contributed by atoms with E-state index in [4.69, 9.17) is 10.00 Å². The summed E-state index contributed by atoms with van der Waals surface area (Å²) in [5.74, 6) is 1.03. The highest BCUT2D eigenvalue weighted by molar-refractivity contribution is 5.92. The maximum absolute atomic E-state index is 11.6. The third-order valence-electron chi connectivity index (χ3n) is 5.11. The average Bonchev–Trinajstić information content (AvgIpc) is 2.84. The molecule has 1 aliphatic rings. The molecule has 168 valence electrons. The largest absolute Gasteiger partial charge is 0.378 e. The van der Waals surface area contributed by atoms with Crippen molar-refractivity contribution in [2.75, 3.05) is 47.2 Å². The van der Waals surface area contributed by atoms with E-state index in [9.17, 15) is 4.79 Å². The van der Waals surface area contributed by atoms with Gasteiger partial charge in [0.2, 0.25) is 5.91 Å². The van der Waals surface area contributed by atoms with Gasteiger partial charge in [0.15, 0.2) is 0 Å². The third-order valence-corrected chi connectivity index (χ3v) is 5.11. The third kappa shape index (κ3) is 6.18. The van der Waals surface area contributed by atoms with Crippen molar-refractivity contribution >= 4 is 34.6 Å². The molecule has 33 heavy (non-hydrogen) atoms. The number of hydrogen-bond acceptors (Lipinski definition) is 8. The van der Waals surface area contributed by atoms with Crippen molar-refractivity contribution < 1.29 is 9.53 Å². The molecule has 0 unspecified atom stereocenters. The first kappa shape index (κ1) is 22.0. The fraction of sp³-hybridized carbons (Fsp3) is 0.250. The zero-order chi connectivity index (χ0) is 22.9. The standard InChI is InChI=1S/C24H25N7O2/c25-9-8-24(32)29-19-5-3-4-18(14-19)16-26-22-15-23(28-17-27-22)30-20-6-1-2-7-21(20)31-10-12-33-13-11-31/h1-7,14-15,17H,8,10-13,16H2,(H,29,32)(H2,26,27,28,30). The monoisotopic (exact) mass is 443 g/mol. The number of ether oxygens (including phenoxy) is 1. The van der Waals surface area contributed by atoms with Gasteiger partial charge in [-0.15, -0.1) is 0 Å². The molecule has 2 aromatic carbocycles. The van der Waals surface area contributed by atoms with Crippen LogP contribution in [-0.4, -0.2) is 42.2 Å². The summed E-state index contributed by atoms with van der Waals surface area (Å²) in [5, 5.41) is 18.0. The number of carbonyl (C=O) groups is 1. The maximum atomic E-state index is 11.6. The fourth-order valence-corrected chi connectivity index (χ4v) is 3.55. The van der Waals surface area contributed by atoms with Gasteiger partial charge in [-0.3, -0.25) is 4.79 Å². The molecule has 4 rings (SSSR count). The zero-order valence-corrected chi connectivity index (χ0v) is 18.1. The zero-order valence-electron chi connectivity index (χ0n) is 18.1. The van der Waals surface area contributed by atoms with Gasteiger partial charge >= 0.3 is 0 Å². The molecule has 0 aliphatic carbocycles. The summed E-state index contributed by atoms with van der Waals surface area (Å²) < 4.78 is 5.47. The number of para-hydroxylation sites is 2. The van der Waals surface area contributed by atoms with Gasteiger partial charge in [-0.1, -0.05) is 24.3 Å². The number of rotatable bonds is 8. The molecule has 0 atom stereocenters. The van der Waals surface area contributed by atoms with Crippen LogP contribution in [0.1, 0.15) is 12.0 Å². The molecule has 1 aliphatic heterocycles. The number of carbonyl (C=O) groups excluding carboxylic acids is 1. The van der Waals surface area contributed by atoms with Gasteiger partial charge in [-0.05, 0) is 29.8 Å². The van der Waals surface area contributed by atoms with Gasteiger partial charge in [0.25, 0.3) is 0 Å². The minimum absolute atomic E-state index is 0.173. The van der Waals surface area contributed by atoms with Gasteiger partial charge in [0, 0.05) is 31.4 Å². The Bertz CT molecular complexity index is 1140. The van der Waals surface area contributed by atoms with Gasteiger partial charge in [0.05, 0.1) is 30.7 Å². The Morgan fingerprint density at radius 2 is 1.88 bits per heavy atom. The van der Waals surface area contributed by atoms with E-state index in [0.29, 0.717) is 23.9 Å². The molecule has 2 heterocycles. The normalized spacial score (nSPS) is 13.1. The van der Waals surface area contributed by atoms with E-state index in [1.165, 1.54) is 6.33 Å².